The van der Waals surface area contributed by atoms with Gasteiger partial charge in [-0.1, -0.05) is 0 Å². The first-order valence-corrected chi connectivity index (χ1v) is 11.2. The number of aliphatic hydroxyl groups excluding tert-OH is 8. The first kappa shape index (κ1) is 33.4. The highest BCUT2D eigenvalue weighted by atomic mass is 31.2. The summed E-state index contributed by atoms with van der Waals surface area (Å²) in [6, 6.07) is 0. The van der Waals surface area contributed by atoms with Crippen molar-refractivity contribution in [3.05, 3.63) is 0 Å². The van der Waals surface area contributed by atoms with E-state index in [1.54, 1.807) is 0 Å². The molecular formula is C12H26O18P2. The van der Waals surface area contributed by atoms with Crippen molar-refractivity contribution >= 4 is 27.7 Å². The molecule has 0 unspecified atom stereocenters. The molecule has 0 saturated carbocycles. The Morgan fingerprint density at radius 2 is 1.12 bits per heavy atom. The normalized spacial score (nSPS) is 18.9. The number of carbonyl (C=O) groups excluding carboxylic acids is 2. The van der Waals surface area contributed by atoms with Crippen LogP contribution in [0, 0.1) is 0 Å². The predicted molar refractivity (Wildman–Crippen MR) is 96.2 cm³/mol. The summed E-state index contributed by atoms with van der Waals surface area (Å²) >= 11 is 0. The van der Waals surface area contributed by atoms with Crippen molar-refractivity contribution < 1.29 is 88.2 Å². The van der Waals surface area contributed by atoms with Gasteiger partial charge in [0, 0.05) is 0 Å². The first-order valence-electron chi connectivity index (χ1n) is 8.13. The van der Waals surface area contributed by atoms with Crippen LogP contribution in [0.5, 0.6) is 0 Å². The number of hydrogen-bond donors (Lipinski definition) is 12. The van der Waals surface area contributed by atoms with E-state index in [0.717, 1.165) is 0 Å². The van der Waals surface area contributed by atoms with Gasteiger partial charge in [0.2, 0.25) is 0 Å². The minimum absolute atomic E-state index is 0.0650. The number of aliphatic hydroxyl groups is 8. The Morgan fingerprint density at radius 1 is 0.750 bits per heavy atom. The summed E-state index contributed by atoms with van der Waals surface area (Å²) in [6.45, 7) is -2.97. The van der Waals surface area contributed by atoms with Crippen molar-refractivity contribution in [2.45, 2.75) is 42.7 Å². The average molecular weight is 520 g/mol. The molecule has 0 rings (SSSR count). The van der Waals surface area contributed by atoms with E-state index in [2.05, 4.69) is 9.05 Å². The first-order chi connectivity index (χ1) is 14.4. The van der Waals surface area contributed by atoms with Crippen LogP contribution in [-0.4, -0.2) is 135 Å². The zero-order chi connectivity index (χ0) is 25.9. The smallest absolute Gasteiger partial charge is 0.388 e. The summed E-state index contributed by atoms with van der Waals surface area (Å²) in [5.41, 5.74) is 0. The van der Waals surface area contributed by atoms with Gasteiger partial charge in [-0.25, -0.2) is 9.13 Å². The number of phosphoric acid groups is 2. The van der Waals surface area contributed by atoms with E-state index in [1.165, 1.54) is 0 Å². The van der Waals surface area contributed by atoms with Gasteiger partial charge in [0.05, 0.1) is 13.2 Å². The highest BCUT2D eigenvalue weighted by molar-refractivity contribution is 7.46. The van der Waals surface area contributed by atoms with Crippen LogP contribution in [0.25, 0.3) is 0 Å². The van der Waals surface area contributed by atoms with Gasteiger partial charge in [-0.2, -0.15) is 0 Å². The Kier molecular flexibility index (Phi) is 15.9. The third-order valence-corrected chi connectivity index (χ3v) is 4.23. The van der Waals surface area contributed by atoms with Crippen molar-refractivity contribution in [3.63, 3.8) is 0 Å². The fourth-order valence-electron chi connectivity index (χ4n) is 1.55. The van der Waals surface area contributed by atoms with Crippen LogP contribution >= 0.6 is 15.6 Å². The van der Waals surface area contributed by atoms with E-state index in [0.29, 0.717) is 0 Å². The molecule has 12 N–H and O–H groups in total. The van der Waals surface area contributed by atoms with E-state index in [4.69, 9.17) is 60.4 Å². The highest BCUT2D eigenvalue weighted by Gasteiger charge is 2.32. The van der Waals surface area contributed by atoms with Gasteiger partial charge in [-0.05, 0) is 0 Å². The van der Waals surface area contributed by atoms with E-state index >= 15 is 0 Å². The Balaban J connectivity index is 0. The van der Waals surface area contributed by atoms with Gasteiger partial charge in [-0.15, -0.1) is 0 Å². The van der Waals surface area contributed by atoms with Crippen LogP contribution in [0.3, 0.4) is 0 Å². The van der Waals surface area contributed by atoms with E-state index < -0.39 is 84.0 Å². The molecule has 18 nitrogen and oxygen atoms in total. The maximum atomic E-state index is 10.7. The van der Waals surface area contributed by atoms with E-state index in [-0.39, 0.29) is 6.29 Å². The van der Waals surface area contributed by atoms with Gasteiger partial charge < -0.3 is 65.2 Å². The summed E-state index contributed by atoms with van der Waals surface area (Å²) in [7, 11) is -9.61. The largest absolute Gasteiger partial charge is 0.469 e. The van der Waals surface area contributed by atoms with Gasteiger partial charge >= 0.3 is 15.6 Å². The lowest BCUT2D eigenvalue weighted by atomic mass is 10.0. The van der Waals surface area contributed by atoms with Gasteiger partial charge in [0.15, 0.2) is 12.1 Å². The molecular weight excluding hydrogens is 494 g/mol. The number of aldehydes is 1. The van der Waals surface area contributed by atoms with Gasteiger partial charge in [0.1, 0.15) is 49.3 Å². The molecule has 0 heterocycles. The Morgan fingerprint density at radius 3 is 1.44 bits per heavy atom. The molecule has 0 saturated heterocycles. The molecule has 0 aromatic carbocycles. The number of hydrogen-bond acceptors (Lipinski definition) is 14. The van der Waals surface area contributed by atoms with E-state index in [1.807, 2.05) is 0 Å². The Hall–Kier alpha value is -0.760. The zero-order valence-corrected chi connectivity index (χ0v) is 17.7. The minimum Gasteiger partial charge on any atom is -0.388 e. The lowest BCUT2D eigenvalue weighted by Crippen LogP contribution is -2.46. The van der Waals surface area contributed by atoms with Crippen LogP contribution in [0.15, 0.2) is 0 Å². The van der Waals surface area contributed by atoms with Gasteiger partial charge in [-0.3, -0.25) is 13.8 Å². The predicted octanol–water partition coefficient (Wildman–Crippen LogP) is -6.52. The van der Waals surface area contributed by atoms with Crippen molar-refractivity contribution in [1.82, 2.24) is 0 Å². The molecule has 0 aliphatic rings. The fourth-order valence-corrected chi connectivity index (χ4v) is 2.24. The molecule has 0 aromatic heterocycles. The molecule has 0 aliphatic heterocycles. The maximum absolute atomic E-state index is 10.7. The van der Waals surface area contributed by atoms with E-state index in [9.17, 15) is 18.7 Å². The SMILES string of the molecule is O=C(CO)[C@@H](O)[C@H](O)[C@H](O)COP(=O)(O)O.O=C[C@@H](O)[C@@H](O)[C@H](O)[C@H](O)COP(=O)(O)O. The molecule has 0 aromatic rings. The molecule has 0 fully saturated rings. The third kappa shape index (κ3) is 15.1. The summed E-state index contributed by atoms with van der Waals surface area (Å²) in [5.74, 6) is -1.14. The second-order valence-electron chi connectivity index (χ2n) is 5.88. The summed E-state index contributed by atoms with van der Waals surface area (Å²) in [6.07, 6.45) is -13.7. The number of ketones is 1. The summed E-state index contributed by atoms with van der Waals surface area (Å²) < 4.78 is 28.2. The molecule has 0 aliphatic carbocycles. The lowest BCUT2D eigenvalue weighted by Gasteiger charge is -2.23. The second kappa shape index (κ2) is 15.2. The van der Waals surface area contributed by atoms with Crippen LogP contribution in [0.4, 0.5) is 0 Å². The number of rotatable bonds is 14. The molecule has 0 bridgehead atoms. The molecule has 32 heavy (non-hydrogen) atoms. The molecule has 192 valence electrons. The maximum Gasteiger partial charge on any atom is 0.469 e. The van der Waals surface area contributed by atoms with Crippen LogP contribution in [0.2, 0.25) is 0 Å². The van der Waals surface area contributed by atoms with Gasteiger partial charge in [0.25, 0.3) is 0 Å². The average Bonchev–Trinajstić information content (AvgIpc) is 2.71. The monoisotopic (exact) mass is 520 g/mol. The van der Waals surface area contributed by atoms with Crippen LogP contribution in [0.1, 0.15) is 0 Å². The van der Waals surface area contributed by atoms with Crippen molar-refractivity contribution in [1.29, 1.82) is 0 Å². The molecule has 0 radical (unpaired) electrons. The topological polar surface area (TPSA) is 330 Å². The lowest BCUT2D eigenvalue weighted by molar-refractivity contribution is -0.142. The molecule has 0 amide bonds. The summed E-state index contributed by atoms with van der Waals surface area (Å²) in [5, 5.41) is 71.6. The Bertz CT molecular complexity index is 646. The number of Topliss-reactive ketones (excluding diaryl/α,β-unsaturated/α-hetero) is 1. The number of carbonyl (C=O) groups is 2. The fraction of sp³-hybridized carbons (Fsp3) is 0.833. The zero-order valence-electron chi connectivity index (χ0n) is 16.0. The van der Waals surface area contributed by atoms with Crippen molar-refractivity contribution in [2.75, 3.05) is 19.8 Å². The number of phosphoric ester groups is 2. The second-order valence-corrected chi connectivity index (χ2v) is 8.35. The Labute approximate surface area is 179 Å². The quantitative estimate of drug-likeness (QED) is 0.0747. The highest BCUT2D eigenvalue weighted by Crippen LogP contribution is 2.36. The van der Waals surface area contributed by atoms with Crippen molar-refractivity contribution in [3.8, 4) is 0 Å². The molecule has 0 spiro atoms. The van der Waals surface area contributed by atoms with Crippen LogP contribution in [-0.2, 0) is 27.8 Å². The van der Waals surface area contributed by atoms with Crippen molar-refractivity contribution in [2.24, 2.45) is 0 Å². The minimum atomic E-state index is -4.81. The summed E-state index contributed by atoms with van der Waals surface area (Å²) in [4.78, 5) is 53.8. The third-order valence-electron chi connectivity index (χ3n) is 3.26. The van der Waals surface area contributed by atoms with Crippen LogP contribution < -0.4 is 0 Å². The molecule has 7 atom stereocenters. The molecule has 20 heteroatoms. The standard InChI is InChI=1S/2C6H13O9P/c2*7-1-3(8)5(10)6(11)4(9)2-15-16(12,13)14/h4-7,9-11H,1-2H2,(H2,12,13,14);1,3-6,8-11H,2H2,(H2,12,13,14)/t4-,5-,6-;3-,4-,5-,6-/m11/s1.